The Morgan fingerprint density at radius 3 is 1.32 bits per heavy atom. The molecule has 2 aromatic carbocycles. The van der Waals surface area contributed by atoms with Gasteiger partial charge < -0.3 is 20.4 Å². The molecule has 0 amide bonds. The van der Waals surface area contributed by atoms with Crippen LogP contribution in [0.3, 0.4) is 0 Å². The summed E-state index contributed by atoms with van der Waals surface area (Å²) in [4.78, 5) is 42.2. The number of carbonyl (C=O) groups is 4. The van der Waals surface area contributed by atoms with Crippen molar-refractivity contribution in [3.8, 4) is 0 Å². The van der Waals surface area contributed by atoms with Crippen LogP contribution >= 0.6 is 0 Å². The molecule has 0 saturated carbocycles. The Bertz CT molecular complexity index is 805. The summed E-state index contributed by atoms with van der Waals surface area (Å²) in [5, 5.41) is 34.5. The van der Waals surface area contributed by atoms with Crippen molar-refractivity contribution in [1.82, 2.24) is 0 Å². The molecule has 0 aliphatic rings. The van der Waals surface area contributed by atoms with Crippen molar-refractivity contribution in [2.24, 2.45) is 0 Å². The molecule has 0 atom stereocenters. The monoisotopic (exact) mass is 346 g/mol. The van der Waals surface area contributed by atoms with E-state index in [1.54, 1.807) is 13.0 Å². The van der Waals surface area contributed by atoms with Gasteiger partial charge in [0.1, 0.15) is 0 Å². The lowest BCUT2D eigenvalue weighted by Gasteiger charge is -2.03. The molecule has 0 fully saturated rings. The fourth-order valence-corrected chi connectivity index (χ4v) is 1.99. The van der Waals surface area contributed by atoms with Crippen molar-refractivity contribution in [3.05, 3.63) is 70.3 Å². The van der Waals surface area contributed by atoms with Gasteiger partial charge in [-0.15, -0.1) is 0 Å². The molecule has 0 heterocycles. The third-order valence-electron chi connectivity index (χ3n) is 3.10. The summed E-state index contributed by atoms with van der Waals surface area (Å²) in [6, 6.07) is 9.84. The molecule has 130 valence electrons. The van der Waals surface area contributed by atoms with Gasteiger partial charge in [-0.25, -0.2) is 19.2 Å². The standard InChI is InChI=1S/C9H8O4.C8H6O4/c1-5-3-2-4-6(8(10)11)7(5)9(12)13;9-7(10)5-3-1-2-4-6(5)8(11)12/h2-4H,1H3,(H,10,11)(H,12,13);1-4H,(H,9,10)(H,11,12). The van der Waals surface area contributed by atoms with E-state index in [-0.39, 0.29) is 22.3 Å². The molecule has 8 heteroatoms. The van der Waals surface area contributed by atoms with Crippen LogP contribution in [-0.4, -0.2) is 44.3 Å². The van der Waals surface area contributed by atoms with Crippen LogP contribution in [0.5, 0.6) is 0 Å². The van der Waals surface area contributed by atoms with Gasteiger partial charge in [0.05, 0.1) is 22.3 Å². The summed E-state index contributed by atoms with van der Waals surface area (Å²) in [5.74, 6) is -4.89. The first kappa shape index (κ1) is 19.4. The van der Waals surface area contributed by atoms with Crippen molar-refractivity contribution in [2.45, 2.75) is 6.92 Å². The summed E-state index contributed by atoms with van der Waals surface area (Å²) in [6.07, 6.45) is 0. The molecule has 8 nitrogen and oxygen atoms in total. The number of aryl methyl sites for hydroxylation is 1. The van der Waals surface area contributed by atoms with Crippen LogP contribution in [0.4, 0.5) is 0 Å². The number of carboxylic acids is 4. The minimum Gasteiger partial charge on any atom is -0.478 e. The Balaban J connectivity index is 0.000000251. The Morgan fingerprint density at radius 1 is 0.600 bits per heavy atom. The van der Waals surface area contributed by atoms with Crippen LogP contribution in [0.15, 0.2) is 42.5 Å². The highest BCUT2D eigenvalue weighted by Gasteiger charge is 2.17. The molecule has 0 aromatic heterocycles. The molecule has 2 rings (SSSR count). The SMILES string of the molecule is Cc1cccc(C(=O)O)c1C(=O)O.O=C(O)c1ccccc1C(=O)O. The molecule has 0 bridgehead atoms. The van der Waals surface area contributed by atoms with E-state index in [0.717, 1.165) is 0 Å². The van der Waals surface area contributed by atoms with Crippen LogP contribution in [0, 0.1) is 6.92 Å². The predicted molar refractivity (Wildman–Crippen MR) is 85.5 cm³/mol. The molecule has 0 spiro atoms. The molecule has 2 aromatic rings. The Kier molecular flexibility index (Phi) is 6.39. The van der Waals surface area contributed by atoms with Gasteiger partial charge in [-0.05, 0) is 30.7 Å². The molecule has 4 N–H and O–H groups in total. The van der Waals surface area contributed by atoms with Gasteiger partial charge in [-0.1, -0.05) is 24.3 Å². The van der Waals surface area contributed by atoms with Crippen molar-refractivity contribution < 1.29 is 39.6 Å². The first-order chi connectivity index (χ1) is 11.7. The highest BCUT2D eigenvalue weighted by atomic mass is 16.4. The maximum Gasteiger partial charge on any atom is 0.336 e. The number of benzene rings is 2. The predicted octanol–water partition coefficient (Wildman–Crippen LogP) is 2.47. The van der Waals surface area contributed by atoms with E-state index in [4.69, 9.17) is 20.4 Å². The summed E-state index contributed by atoms with van der Waals surface area (Å²) in [7, 11) is 0. The molecule has 25 heavy (non-hydrogen) atoms. The average molecular weight is 346 g/mol. The lowest BCUT2D eigenvalue weighted by molar-refractivity contribution is 0.0651. The fourth-order valence-electron chi connectivity index (χ4n) is 1.99. The fraction of sp³-hybridized carbons (Fsp3) is 0.0588. The minimum atomic E-state index is -1.23. The minimum absolute atomic E-state index is 0.144. The molecule has 0 saturated heterocycles. The highest BCUT2D eigenvalue weighted by Crippen LogP contribution is 2.14. The Morgan fingerprint density at radius 2 is 1.00 bits per heavy atom. The topological polar surface area (TPSA) is 149 Å². The van der Waals surface area contributed by atoms with Crippen molar-refractivity contribution in [3.63, 3.8) is 0 Å². The normalized spacial score (nSPS) is 9.48. The number of aromatic carboxylic acids is 4. The second-order valence-corrected chi connectivity index (χ2v) is 4.76. The summed E-state index contributed by atoms with van der Waals surface area (Å²) in [5.41, 5.74) is -0.245. The lowest BCUT2D eigenvalue weighted by Crippen LogP contribution is -2.09. The number of hydrogen-bond acceptors (Lipinski definition) is 4. The molecule has 0 aliphatic heterocycles. The highest BCUT2D eigenvalue weighted by molar-refractivity contribution is 6.03. The van der Waals surface area contributed by atoms with Gasteiger partial charge >= 0.3 is 23.9 Å². The lowest BCUT2D eigenvalue weighted by atomic mass is 10.0. The van der Waals surface area contributed by atoms with Gasteiger partial charge in [0.2, 0.25) is 0 Å². The Labute approximate surface area is 141 Å². The van der Waals surface area contributed by atoms with E-state index in [2.05, 4.69) is 0 Å². The van der Waals surface area contributed by atoms with Crippen LogP contribution < -0.4 is 0 Å². The van der Waals surface area contributed by atoms with Crippen molar-refractivity contribution >= 4 is 23.9 Å². The van der Waals surface area contributed by atoms with Crippen LogP contribution in [-0.2, 0) is 0 Å². The van der Waals surface area contributed by atoms with Gasteiger partial charge in [0, 0.05) is 0 Å². The summed E-state index contributed by atoms with van der Waals surface area (Å²) < 4.78 is 0. The first-order valence-electron chi connectivity index (χ1n) is 6.78. The Hall–Kier alpha value is -3.68. The zero-order valence-electron chi connectivity index (χ0n) is 13.0. The third-order valence-corrected chi connectivity index (χ3v) is 3.10. The summed E-state index contributed by atoms with van der Waals surface area (Å²) >= 11 is 0. The molecular weight excluding hydrogens is 332 g/mol. The number of carboxylic acid groups (broad SMARTS) is 4. The van der Waals surface area contributed by atoms with Crippen molar-refractivity contribution in [2.75, 3.05) is 0 Å². The van der Waals surface area contributed by atoms with Gasteiger partial charge in [-0.3, -0.25) is 0 Å². The van der Waals surface area contributed by atoms with Gasteiger partial charge in [0.25, 0.3) is 0 Å². The molecule has 0 radical (unpaired) electrons. The van der Waals surface area contributed by atoms with E-state index in [1.807, 2.05) is 0 Å². The van der Waals surface area contributed by atoms with Gasteiger partial charge in [0.15, 0.2) is 0 Å². The average Bonchev–Trinajstić information content (AvgIpc) is 2.54. The maximum absolute atomic E-state index is 10.7. The van der Waals surface area contributed by atoms with Gasteiger partial charge in [-0.2, -0.15) is 0 Å². The number of hydrogen-bond donors (Lipinski definition) is 4. The first-order valence-corrected chi connectivity index (χ1v) is 6.78. The quantitative estimate of drug-likeness (QED) is 0.659. The third kappa shape index (κ3) is 4.90. The van der Waals surface area contributed by atoms with E-state index in [9.17, 15) is 19.2 Å². The second kappa shape index (κ2) is 8.25. The van der Waals surface area contributed by atoms with E-state index in [1.165, 1.54) is 36.4 Å². The molecule has 0 aliphatic carbocycles. The molecular formula is C17H14O8. The second-order valence-electron chi connectivity index (χ2n) is 4.76. The summed E-state index contributed by atoms with van der Waals surface area (Å²) in [6.45, 7) is 1.57. The van der Waals surface area contributed by atoms with Crippen LogP contribution in [0.25, 0.3) is 0 Å². The van der Waals surface area contributed by atoms with Crippen LogP contribution in [0.2, 0.25) is 0 Å². The van der Waals surface area contributed by atoms with E-state index >= 15 is 0 Å². The smallest absolute Gasteiger partial charge is 0.336 e. The van der Waals surface area contributed by atoms with Crippen LogP contribution in [0.1, 0.15) is 47.0 Å². The van der Waals surface area contributed by atoms with Crippen molar-refractivity contribution in [1.29, 1.82) is 0 Å². The maximum atomic E-state index is 10.7. The zero-order valence-corrected chi connectivity index (χ0v) is 13.0. The molecule has 0 unspecified atom stereocenters. The van der Waals surface area contributed by atoms with E-state index < -0.39 is 23.9 Å². The largest absolute Gasteiger partial charge is 0.478 e. The number of rotatable bonds is 4. The van der Waals surface area contributed by atoms with E-state index in [0.29, 0.717) is 5.56 Å². The zero-order chi connectivity index (χ0) is 19.1.